The van der Waals surface area contributed by atoms with Gasteiger partial charge in [-0.25, -0.2) is 0 Å². The van der Waals surface area contributed by atoms with Crippen molar-refractivity contribution in [1.29, 1.82) is 0 Å². The predicted molar refractivity (Wildman–Crippen MR) is 84.7 cm³/mol. The van der Waals surface area contributed by atoms with Crippen LogP contribution >= 0.6 is 0 Å². The van der Waals surface area contributed by atoms with Crippen LogP contribution in [0.4, 0.5) is 11.4 Å². The van der Waals surface area contributed by atoms with Crippen LogP contribution in [0, 0.1) is 11.8 Å². The number of hydrogen-bond acceptors (Lipinski definition) is 2. The summed E-state index contributed by atoms with van der Waals surface area (Å²) in [6.45, 7) is 4.65. The SMILES string of the molecule is CC(C)C1C2=CC=CCC2=C2Nc3ccccc3NC21. The highest BCUT2D eigenvalue weighted by atomic mass is 15.1. The summed E-state index contributed by atoms with van der Waals surface area (Å²) in [5.41, 5.74) is 6.83. The van der Waals surface area contributed by atoms with Crippen molar-refractivity contribution in [1.82, 2.24) is 0 Å². The molecule has 1 aromatic carbocycles. The van der Waals surface area contributed by atoms with Crippen molar-refractivity contribution >= 4 is 11.4 Å². The summed E-state index contributed by atoms with van der Waals surface area (Å²) in [6.07, 6.45) is 7.83. The Balaban J connectivity index is 1.84. The molecule has 0 radical (unpaired) electrons. The summed E-state index contributed by atoms with van der Waals surface area (Å²) >= 11 is 0. The van der Waals surface area contributed by atoms with Crippen molar-refractivity contribution in [2.45, 2.75) is 26.3 Å². The molecule has 4 rings (SSSR count). The smallest absolute Gasteiger partial charge is 0.0737 e. The zero-order valence-corrected chi connectivity index (χ0v) is 12.0. The summed E-state index contributed by atoms with van der Waals surface area (Å²) in [5, 5.41) is 7.44. The minimum absolute atomic E-state index is 0.394. The van der Waals surface area contributed by atoms with E-state index in [4.69, 9.17) is 0 Å². The molecule has 102 valence electrons. The number of anilines is 2. The van der Waals surface area contributed by atoms with Gasteiger partial charge < -0.3 is 10.6 Å². The highest BCUT2D eigenvalue weighted by Gasteiger charge is 2.42. The molecule has 2 N–H and O–H groups in total. The maximum Gasteiger partial charge on any atom is 0.0737 e. The van der Waals surface area contributed by atoms with Gasteiger partial charge in [0.1, 0.15) is 0 Å². The van der Waals surface area contributed by atoms with E-state index in [1.807, 2.05) is 0 Å². The van der Waals surface area contributed by atoms with E-state index in [9.17, 15) is 0 Å². The van der Waals surface area contributed by atoms with Crippen molar-refractivity contribution in [2.75, 3.05) is 10.6 Å². The molecule has 0 bridgehead atoms. The van der Waals surface area contributed by atoms with E-state index < -0.39 is 0 Å². The molecule has 0 aromatic heterocycles. The molecule has 2 unspecified atom stereocenters. The number of hydrogen-bond donors (Lipinski definition) is 2. The normalized spacial score (nSPS) is 26.4. The molecule has 2 nitrogen and oxygen atoms in total. The van der Waals surface area contributed by atoms with Crippen molar-refractivity contribution in [3.05, 3.63) is 59.3 Å². The molecule has 2 heteroatoms. The summed E-state index contributed by atoms with van der Waals surface area (Å²) in [4.78, 5) is 0. The first-order valence-corrected chi connectivity index (χ1v) is 7.48. The van der Waals surface area contributed by atoms with Crippen LogP contribution in [0.25, 0.3) is 0 Å². The maximum atomic E-state index is 3.76. The molecule has 1 aliphatic heterocycles. The van der Waals surface area contributed by atoms with Crippen molar-refractivity contribution in [2.24, 2.45) is 11.8 Å². The van der Waals surface area contributed by atoms with Gasteiger partial charge in [-0.15, -0.1) is 0 Å². The van der Waals surface area contributed by atoms with Crippen molar-refractivity contribution < 1.29 is 0 Å². The van der Waals surface area contributed by atoms with Crippen molar-refractivity contribution in [3.63, 3.8) is 0 Å². The van der Waals surface area contributed by atoms with Crippen molar-refractivity contribution in [3.8, 4) is 0 Å². The molecule has 0 saturated heterocycles. The monoisotopic (exact) mass is 264 g/mol. The Kier molecular flexibility index (Phi) is 2.53. The Morgan fingerprint density at radius 3 is 2.75 bits per heavy atom. The fourth-order valence-electron chi connectivity index (χ4n) is 3.79. The number of benzene rings is 1. The molecule has 2 atom stereocenters. The largest absolute Gasteiger partial charge is 0.374 e. The van der Waals surface area contributed by atoms with Gasteiger partial charge in [-0.3, -0.25) is 0 Å². The third-order valence-corrected chi connectivity index (χ3v) is 4.66. The minimum Gasteiger partial charge on any atom is -0.374 e. The fraction of sp³-hybridized carbons (Fsp3) is 0.333. The average molecular weight is 264 g/mol. The average Bonchev–Trinajstić information content (AvgIpc) is 2.78. The van der Waals surface area contributed by atoms with E-state index >= 15 is 0 Å². The number of fused-ring (bicyclic) bond motifs is 3. The fourth-order valence-corrected chi connectivity index (χ4v) is 3.79. The second-order valence-electron chi connectivity index (χ2n) is 6.21. The quantitative estimate of drug-likeness (QED) is 0.789. The Bertz CT molecular complexity index is 649. The summed E-state index contributed by atoms with van der Waals surface area (Å²) < 4.78 is 0. The molecule has 1 heterocycles. The van der Waals surface area contributed by atoms with Gasteiger partial charge in [-0.1, -0.05) is 44.2 Å². The molecule has 1 aromatic rings. The van der Waals surface area contributed by atoms with E-state index in [-0.39, 0.29) is 0 Å². The molecular formula is C18H20N2. The van der Waals surface area contributed by atoms with Crippen LogP contribution in [0.2, 0.25) is 0 Å². The Morgan fingerprint density at radius 2 is 1.95 bits per heavy atom. The van der Waals surface area contributed by atoms with Gasteiger partial charge in [0.2, 0.25) is 0 Å². The van der Waals surface area contributed by atoms with Gasteiger partial charge in [-0.05, 0) is 35.6 Å². The minimum atomic E-state index is 0.394. The van der Waals surface area contributed by atoms with Gasteiger partial charge >= 0.3 is 0 Å². The van der Waals surface area contributed by atoms with E-state index in [1.165, 1.54) is 28.2 Å². The predicted octanol–water partition coefficient (Wildman–Crippen LogP) is 4.32. The van der Waals surface area contributed by atoms with Crippen LogP contribution in [0.15, 0.2) is 59.3 Å². The standard InChI is InChI=1S/C18H20N2/c1-11(2)16-12-7-3-4-8-13(12)17-18(16)20-15-10-6-5-9-14(15)19-17/h3-7,9-11,16,18-20H,8H2,1-2H3. The van der Waals surface area contributed by atoms with Crippen LogP contribution in [0.3, 0.4) is 0 Å². The summed E-state index contributed by atoms with van der Waals surface area (Å²) in [7, 11) is 0. The number of para-hydroxylation sites is 2. The van der Waals surface area contributed by atoms with E-state index in [0.29, 0.717) is 17.9 Å². The Hall–Kier alpha value is -1.96. The van der Waals surface area contributed by atoms with E-state index in [0.717, 1.165) is 6.42 Å². The lowest BCUT2D eigenvalue weighted by Gasteiger charge is -2.33. The maximum absolute atomic E-state index is 3.76. The first-order chi connectivity index (χ1) is 9.75. The van der Waals surface area contributed by atoms with Crippen LogP contribution < -0.4 is 10.6 Å². The lowest BCUT2D eigenvalue weighted by Crippen LogP contribution is -2.36. The Morgan fingerprint density at radius 1 is 1.15 bits per heavy atom. The van der Waals surface area contributed by atoms with Gasteiger partial charge in [0.25, 0.3) is 0 Å². The zero-order chi connectivity index (χ0) is 13.7. The molecule has 20 heavy (non-hydrogen) atoms. The highest BCUT2D eigenvalue weighted by Crippen LogP contribution is 2.48. The second-order valence-corrected chi connectivity index (χ2v) is 6.21. The highest BCUT2D eigenvalue weighted by molar-refractivity contribution is 5.78. The zero-order valence-electron chi connectivity index (χ0n) is 12.0. The van der Waals surface area contributed by atoms with E-state index in [1.54, 1.807) is 0 Å². The topological polar surface area (TPSA) is 24.1 Å². The van der Waals surface area contributed by atoms with E-state index in [2.05, 4.69) is 67.0 Å². The first-order valence-electron chi connectivity index (χ1n) is 7.48. The molecule has 0 saturated carbocycles. The summed E-state index contributed by atoms with van der Waals surface area (Å²) in [6, 6.07) is 8.89. The van der Waals surface area contributed by atoms with Crippen LogP contribution in [0.1, 0.15) is 20.3 Å². The molecular weight excluding hydrogens is 244 g/mol. The number of allylic oxidation sites excluding steroid dienone is 4. The third kappa shape index (κ3) is 1.57. The second kappa shape index (κ2) is 4.27. The number of nitrogens with one attached hydrogen (secondary N) is 2. The van der Waals surface area contributed by atoms with Gasteiger partial charge in [0.15, 0.2) is 0 Å². The van der Waals surface area contributed by atoms with Crippen LogP contribution in [0.5, 0.6) is 0 Å². The van der Waals surface area contributed by atoms with Crippen LogP contribution in [-0.4, -0.2) is 6.04 Å². The molecule has 0 spiro atoms. The first kappa shape index (κ1) is 11.8. The third-order valence-electron chi connectivity index (χ3n) is 4.66. The lowest BCUT2D eigenvalue weighted by atomic mass is 9.83. The van der Waals surface area contributed by atoms with Gasteiger partial charge in [0, 0.05) is 11.6 Å². The van der Waals surface area contributed by atoms with Gasteiger partial charge in [0.05, 0.1) is 17.4 Å². The molecule has 3 aliphatic rings. The van der Waals surface area contributed by atoms with Crippen LogP contribution in [-0.2, 0) is 0 Å². The Labute approximate surface area is 120 Å². The summed E-state index contributed by atoms with van der Waals surface area (Å²) in [5.74, 6) is 1.19. The molecule has 0 fully saturated rings. The lowest BCUT2D eigenvalue weighted by molar-refractivity contribution is 0.431. The number of rotatable bonds is 1. The molecule has 0 amide bonds. The van der Waals surface area contributed by atoms with Gasteiger partial charge in [-0.2, -0.15) is 0 Å². The molecule has 2 aliphatic carbocycles.